The lowest BCUT2D eigenvalue weighted by atomic mass is 10.1. The second-order valence-electron chi connectivity index (χ2n) is 9.39. The van der Waals surface area contributed by atoms with E-state index in [0.29, 0.717) is 49.8 Å². The van der Waals surface area contributed by atoms with Crippen molar-refractivity contribution in [3.05, 3.63) is 77.4 Å². The Morgan fingerprint density at radius 2 is 1.95 bits per heavy atom. The maximum Gasteiger partial charge on any atom is 0.253 e. The number of amides is 1. The first-order chi connectivity index (χ1) is 17.7. The van der Waals surface area contributed by atoms with Gasteiger partial charge >= 0.3 is 0 Å². The summed E-state index contributed by atoms with van der Waals surface area (Å²) in [5, 5.41) is 11.0. The molecule has 6 nitrogen and oxygen atoms in total. The standard InChI is InChI=1S/C29H37F2N3O3/c1-4-5-8-24(28(36)33-17-19-37-20-18-33)9-7-16-34-26(10-6-15-29(3,30)31)32-25(21-27(34)35)23-13-11-22(2)12-14-23/h4-5,7-9,11-14,21,27,35H,6,10,15-20H2,1-3H3/b5-4-,9-7+,24-8+. The average Bonchev–Trinajstić information content (AvgIpc) is 2.87. The summed E-state index contributed by atoms with van der Waals surface area (Å²) < 4.78 is 32.3. The molecule has 0 aromatic heterocycles. The largest absolute Gasteiger partial charge is 0.378 e. The van der Waals surface area contributed by atoms with Gasteiger partial charge in [-0.2, -0.15) is 0 Å². The Balaban J connectivity index is 1.79. The maximum atomic E-state index is 13.5. The molecular weight excluding hydrogens is 476 g/mol. The molecule has 1 saturated heterocycles. The lowest BCUT2D eigenvalue weighted by Gasteiger charge is -2.32. The minimum absolute atomic E-state index is 0.0857. The van der Waals surface area contributed by atoms with Crippen LogP contribution in [-0.4, -0.2) is 71.6 Å². The fraction of sp³-hybridized carbons (Fsp3) is 0.448. The van der Waals surface area contributed by atoms with Gasteiger partial charge in [0.15, 0.2) is 0 Å². The Kier molecular flexibility index (Phi) is 10.3. The minimum Gasteiger partial charge on any atom is -0.378 e. The van der Waals surface area contributed by atoms with Crippen LogP contribution < -0.4 is 0 Å². The summed E-state index contributed by atoms with van der Waals surface area (Å²) in [4.78, 5) is 21.2. The fourth-order valence-electron chi connectivity index (χ4n) is 4.12. The molecule has 8 heteroatoms. The molecule has 0 bridgehead atoms. The van der Waals surface area contributed by atoms with Crippen LogP contribution in [0.4, 0.5) is 8.78 Å². The lowest BCUT2D eigenvalue weighted by Crippen LogP contribution is -2.42. The number of carbonyl (C=O) groups excluding carboxylic acids is 1. The van der Waals surface area contributed by atoms with Crippen LogP contribution in [0.3, 0.4) is 0 Å². The molecule has 0 spiro atoms. The number of aryl methyl sites for hydroxylation is 1. The highest BCUT2D eigenvalue weighted by Crippen LogP contribution is 2.26. The van der Waals surface area contributed by atoms with Gasteiger partial charge in [-0.05, 0) is 39.3 Å². The highest BCUT2D eigenvalue weighted by atomic mass is 19.3. The lowest BCUT2D eigenvalue weighted by molar-refractivity contribution is -0.130. The molecule has 1 atom stereocenters. The van der Waals surface area contributed by atoms with E-state index in [9.17, 15) is 18.7 Å². The molecule has 1 aromatic carbocycles. The van der Waals surface area contributed by atoms with E-state index in [4.69, 9.17) is 9.73 Å². The monoisotopic (exact) mass is 513 g/mol. The molecule has 200 valence electrons. The summed E-state index contributed by atoms with van der Waals surface area (Å²) >= 11 is 0. The van der Waals surface area contributed by atoms with Gasteiger partial charge in [0.1, 0.15) is 12.1 Å². The molecule has 2 aliphatic rings. The number of alkyl halides is 2. The predicted octanol–water partition coefficient (Wildman–Crippen LogP) is 5.11. The fourth-order valence-corrected chi connectivity index (χ4v) is 4.12. The maximum absolute atomic E-state index is 13.5. The van der Waals surface area contributed by atoms with Gasteiger partial charge < -0.3 is 19.6 Å². The Morgan fingerprint density at radius 3 is 2.59 bits per heavy atom. The van der Waals surface area contributed by atoms with Crippen molar-refractivity contribution in [2.75, 3.05) is 32.8 Å². The molecule has 2 aliphatic heterocycles. The summed E-state index contributed by atoms with van der Waals surface area (Å²) in [6.07, 6.45) is 9.90. The summed E-state index contributed by atoms with van der Waals surface area (Å²) in [6.45, 7) is 7.14. The zero-order chi connectivity index (χ0) is 26.8. The van der Waals surface area contributed by atoms with Gasteiger partial charge in [0.25, 0.3) is 5.91 Å². The van der Waals surface area contributed by atoms with Crippen molar-refractivity contribution >= 4 is 17.4 Å². The van der Waals surface area contributed by atoms with Gasteiger partial charge in [0.2, 0.25) is 5.92 Å². The van der Waals surface area contributed by atoms with Crippen LogP contribution in [0.15, 0.2) is 71.3 Å². The van der Waals surface area contributed by atoms with E-state index < -0.39 is 12.2 Å². The van der Waals surface area contributed by atoms with E-state index in [1.54, 1.807) is 34.1 Å². The van der Waals surface area contributed by atoms with Crippen LogP contribution in [0, 0.1) is 6.92 Å². The van der Waals surface area contributed by atoms with Gasteiger partial charge in [-0.1, -0.05) is 54.1 Å². The topological polar surface area (TPSA) is 65.4 Å². The van der Waals surface area contributed by atoms with Crippen molar-refractivity contribution in [1.82, 2.24) is 9.80 Å². The number of amidine groups is 1. The van der Waals surface area contributed by atoms with Crippen molar-refractivity contribution < 1.29 is 23.4 Å². The zero-order valence-electron chi connectivity index (χ0n) is 21.9. The Morgan fingerprint density at radius 1 is 1.24 bits per heavy atom. The smallest absolute Gasteiger partial charge is 0.253 e. The number of benzene rings is 1. The van der Waals surface area contributed by atoms with E-state index in [1.165, 1.54) is 0 Å². The molecule has 1 aromatic rings. The van der Waals surface area contributed by atoms with Crippen LogP contribution >= 0.6 is 0 Å². The van der Waals surface area contributed by atoms with Crippen LogP contribution in [0.5, 0.6) is 0 Å². The predicted molar refractivity (Wildman–Crippen MR) is 143 cm³/mol. The number of aliphatic imine (C=N–C) groups is 1. The van der Waals surface area contributed by atoms with Gasteiger partial charge in [-0.15, -0.1) is 0 Å². The number of aliphatic hydroxyl groups is 1. The first-order valence-electron chi connectivity index (χ1n) is 12.7. The number of aliphatic hydroxyl groups excluding tert-OH is 1. The second kappa shape index (κ2) is 13.4. The molecule has 1 fully saturated rings. The first kappa shape index (κ1) is 28.5. The molecule has 1 amide bonds. The molecule has 37 heavy (non-hydrogen) atoms. The normalized spacial score (nSPS) is 19.5. The molecular formula is C29H37F2N3O3. The third-order valence-electron chi connectivity index (χ3n) is 6.18. The quantitative estimate of drug-likeness (QED) is 0.349. The Bertz CT molecular complexity index is 1060. The van der Waals surface area contributed by atoms with E-state index >= 15 is 0 Å². The average molecular weight is 514 g/mol. The molecule has 0 saturated carbocycles. The molecule has 0 radical (unpaired) electrons. The molecule has 2 heterocycles. The van der Waals surface area contributed by atoms with Crippen LogP contribution in [0.2, 0.25) is 0 Å². The number of allylic oxidation sites excluding steroid dienone is 3. The number of hydrogen-bond acceptors (Lipinski definition) is 5. The van der Waals surface area contributed by atoms with Crippen molar-refractivity contribution in [2.45, 2.75) is 52.2 Å². The number of rotatable bonds is 10. The molecule has 3 rings (SSSR count). The molecule has 1 unspecified atom stereocenters. The van der Waals surface area contributed by atoms with E-state index in [0.717, 1.165) is 18.1 Å². The van der Waals surface area contributed by atoms with Crippen molar-refractivity contribution in [3.63, 3.8) is 0 Å². The van der Waals surface area contributed by atoms with E-state index in [1.807, 2.05) is 50.3 Å². The number of halogens is 2. The number of ether oxygens (including phenoxy) is 1. The Labute approximate surface area is 218 Å². The number of hydrogen-bond donors (Lipinski definition) is 1. The Hall–Kier alpha value is -3.10. The number of morpholine rings is 1. The van der Waals surface area contributed by atoms with E-state index in [-0.39, 0.29) is 25.3 Å². The number of nitrogens with zero attached hydrogens (tertiary/aromatic N) is 3. The van der Waals surface area contributed by atoms with Gasteiger partial charge in [-0.25, -0.2) is 13.8 Å². The van der Waals surface area contributed by atoms with Gasteiger partial charge in [0, 0.05) is 43.6 Å². The second-order valence-corrected chi connectivity index (χ2v) is 9.39. The van der Waals surface area contributed by atoms with Crippen LogP contribution in [0.1, 0.15) is 44.2 Å². The van der Waals surface area contributed by atoms with Crippen molar-refractivity contribution in [1.29, 1.82) is 0 Å². The van der Waals surface area contributed by atoms with Crippen LogP contribution in [0.25, 0.3) is 5.70 Å². The van der Waals surface area contributed by atoms with Gasteiger partial charge in [-0.3, -0.25) is 4.79 Å². The molecule has 1 N–H and O–H groups in total. The highest BCUT2D eigenvalue weighted by molar-refractivity contribution is 5.96. The number of carbonyl (C=O) groups is 1. The molecule has 0 aliphatic carbocycles. The third-order valence-corrected chi connectivity index (χ3v) is 6.18. The van der Waals surface area contributed by atoms with Crippen molar-refractivity contribution in [2.24, 2.45) is 4.99 Å². The zero-order valence-corrected chi connectivity index (χ0v) is 21.9. The first-order valence-corrected chi connectivity index (χ1v) is 12.7. The third kappa shape index (κ3) is 8.76. The summed E-state index contributed by atoms with van der Waals surface area (Å²) in [5.41, 5.74) is 3.09. The summed E-state index contributed by atoms with van der Waals surface area (Å²) in [7, 11) is 0. The minimum atomic E-state index is -2.76. The van der Waals surface area contributed by atoms with Crippen molar-refractivity contribution in [3.8, 4) is 0 Å². The summed E-state index contributed by atoms with van der Waals surface area (Å²) in [5.74, 6) is -2.31. The van der Waals surface area contributed by atoms with Crippen LogP contribution in [-0.2, 0) is 9.53 Å². The van der Waals surface area contributed by atoms with Gasteiger partial charge in [0.05, 0.1) is 18.9 Å². The summed E-state index contributed by atoms with van der Waals surface area (Å²) in [6, 6.07) is 7.80. The van der Waals surface area contributed by atoms with E-state index in [2.05, 4.69) is 0 Å². The highest BCUT2D eigenvalue weighted by Gasteiger charge is 2.26. The SMILES string of the molecule is C\C=C/C=C(\C=C\CN1C(CCCC(C)(F)F)=NC(c2ccc(C)cc2)=CC1O)C(=O)N1CCOCC1.